The molecule has 0 bridgehead atoms. The van der Waals surface area contributed by atoms with Crippen molar-refractivity contribution in [2.45, 2.75) is 52.0 Å². The number of carbonyl (C=O) groups excluding carboxylic acids is 3. The molecule has 29 heavy (non-hydrogen) atoms. The van der Waals surface area contributed by atoms with Gasteiger partial charge in [0.2, 0.25) is 0 Å². The van der Waals surface area contributed by atoms with Crippen molar-refractivity contribution in [1.29, 1.82) is 0 Å². The summed E-state index contributed by atoms with van der Waals surface area (Å²) in [5.74, 6) is -1.81. The van der Waals surface area contributed by atoms with Gasteiger partial charge in [0.15, 0.2) is 24.6 Å². The molecule has 1 aromatic rings. The smallest absolute Gasteiger partial charge is 0.303 e. The molecule has 160 valence electrons. The standard InChI is InChI=1S/C20H26O9/c1-13(21)27-17-12-26-20(19(29-15(3)23)18(17)28-14(2)22)25-10-9-24-11-16-7-5-4-6-8-16/h4-8,17-20H,9-12H2,1-3H3/t17-,18-,19+,20+/m0/s1. The van der Waals surface area contributed by atoms with Gasteiger partial charge in [0.25, 0.3) is 0 Å². The van der Waals surface area contributed by atoms with E-state index in [4.69, 9.17) is 28.4 Å². The molecule has 0 saturated carbocycles. The second kappa shape index (κ2) is 11.5. The summed E-state index contributed by atoms with van der Waals surface area (Å²) < 4.78 is 32.4. The van der Waals surface area contributed by atoms with Gasteiger partial charge in [-0.1, -0.05) is 30.3 Å². The third-order valence-electron chi connectivity index (χ3n) is 3.93. The Balaban J connectivity index is 1.94. The van der Waals surface area contributed by atoms with Gasteiger partial charge in [-0.3, -0.25) is 14.4 Å². The van der Waals surface area contributed by atoms with Crippen LogP contribution in [0.5, 0.6) is 0 Å². The molecule has 1 aromatic carbocycles. The summed E-state index contributed by atoms with van der Waals surface area (Å²) >= 11 is 0. The molecule has 9 nitrogen and oxygen atoms in total. The predicted molar refractivity (Wildman–Crippen MR) is 98.5 cm³/mol. The summed E-state index contributed by atoms with van der Waals surface area (Å²) in [5, 5.41) is 0. The van der Waals surface area contributed by atoms with Crippen molar-refractivity contribution in [3.05, 3.63) is 35.9 Å². The van der Waals surface area contributed by atoms with E-state index < -0.39 is 42.5 Å². The summed E-state index contributed by atoms with van der Waals surface area (Å²) in [6.07, 6.45) is -4.07. The molecule has 0 spiro atoms. The zero-order valence-electron chi connectivity index (χ0n) is 16.7. The molecule has 0 radical (unpaired) electrons. The van der Waals surface area contributed by atoms with Crippen molar-refractivity contribution < 1.29 is 42.8 Å². The van der Waals surface area contributed by atoms with Gasteiger partial charge in [-0.25, -0.2) is 0 Å². The predicted octanol–water partition coefficient (Wildman–Crippen LogP) is 1.37. The van der Waals surface area contributed by atoms with Crippen LogP contribution in [-0.2, 0) is 49.4 Å². The summed E-state index contributed by atoms with van der Waals surface area (Å²) in [6.45, 7) is 4.41. The number of benzene rings is 1. The molecule has 1 aliphatic heterocycles. The first kappa shape index (κ1) is 22.8. The molecule has 1 heterocycles. The maximum Gasteiger partial charge on any atom is 0.303 e. The summed E-state index contributed by atoms with van der Waals surface area (Å²) in [5.41, 5.74) is 1.03. The molecule has 0 N–H and O–H groups in total. The van der Waals surface area contributed by atoms with Crippen LogP contribution in [0.3, 0.4) is 0 Å². The largest absolute Gasteiger partial charge is 0.456 e. The van der Waals surface area contributed by atoms with Gasteiger partial charge in [-0.15, -0.1) is 0 Å². The lowest BCUT2D eigenvalue weighted by molar-refractivity contribution is -0.282. The van der Waals surface area contributed by atoms with E-state index in [0.29, 0.717) is 6.61 Å². The first-order valence-corrected chi connectivity index (χ1v) is 9.23. The minimum atomic E-state index is -1.09. The van der Waals surface area contributed by atoms with Crippen molar-refractivity contribution in [2.24, 2.45) is 0 Å². The molecule has 0 unspecified atom stereocenters. The number of carbonyl (C=O) groups is 3. The second-order valence-electron chi connectivity index (χ2n) is 6.41. The van der Waals surface area contributed by atoms with Crippen LogP contribution >= 0.6 is 0 Å². The molecule has 1 saturated heterocycles. The molecule has 1 fully saturated rings. The van der Waals surface area contributed by atoms with Crippen molar-refractivity contribution in [3.63, 3.8) is 0 Å². The quantitative estimate of drug-likeness (QED) is 0.339. The van der Waals surface area contributed by atoms with Gasteiger partial charge in [0, 0.05) is 20.8 Å². The maximum absolute atomic E-state index is 11.5. The van der Waals surface area contributed by atoms with Crippen molar-refractivity contribution in [1.82, 2.24) is 0 Å². The first-order valence-electron chi connectivity index (χ1n) is 9.23. The van der Waals surface area contributed by atoms with E-state index in [2.05, 4.69) is 0 Å². The SMILES string of the molecule is CC(=O)O[C@@H]1[C@@H](OC(C)=O)[C@H](OCCOCc2ccccc2)OC[C@@H]1OC(C)=O. The van der Waals surface area contributed by atoms with Crippen LogP contribution in [0.4, 0.5) is 0 Å². The highest BCUT2D eigenvalue weighted by molar-refractivity contribution is 5.68. The van der Waals surface area contributed by atoms with Crippen LogP contribution in [0.1, 0.15) is 26.3 Å². The lowest BCUT2D eigenvalue weighted by atomic mass is 10.0. The Labute approximate surface area is 169 Å². The number of ether oxygens (including phenoxy) is 6. The Morgan fingerprint density at radius 3 is 2.14 bits per heavy atom. The lowest BCUT2D eigenvalue weighted by Crippen LogP contribution is -2.58. The van der Waals surface area contributed by atoms with Crippen LogP contribution in [0, 0.1) is 0 Å². The molecule has 1 aliphatic rings. The maximum atomic E-state index is 11.5. The van der Waals surface area contributed by atoms with Crippen molar-refractivity contribution in [3.8, 4) is 0 Å². The van der Waals surface area contributed by atoms with Gasteiger partial charge in [0.05, 0.1) is 26.4 Å². The van der Waals surface area contributed by atoms with E-state index in [1.165, 1.54) is 20.8 Å². The van der Waals surface area contributed by atoms with Crippen LogP contribution < -0.4 is 0 Å². The summed E-state index contributed by atoms with van der Waals surface area (Å²) in [7, 11) is 0. The first-order chi connectivity index (χ1) is 13.9. The van der Waals surface area contributed by atoms with Crippen LogP contribution in [0.2, 0.25) is 0 Å². The van der Waals surface area contributed by atoms with E-state index in [1.54, 1.807) is 0 Å². The van der Waals surface area contributed by atoms with E-state index in [9.17, 15) is 14.4 Å². The molecule has 0 amide bonds. The number of hydrogen-bond acceptors (Lipinski definition) is 9. The molecule has 0 aromatic heterocycles. The molecular weight excluding hydrogens is 384 g/mol. The number of hydrogen-bond donors (Lipinski definition) is 0. The monoisotopic (exact) mass is 410 g/mol. The number of esters is 3. The normalized spacial score (nSPS) is 23.8. The van der Waals surface area contributed by atoms with Crippen LogP contribution in [0.25, 0.3) is 0 Å². The Hall–Kier alpha value is -2.49. The lowest BCUT2D eigenvalue weighted by Gasteiger charge is -2.40. The van der Waals surface area contributed by atoms with Gasteiger partial charge in [-0.2, -0.15) is 0 Å². The Morgan fingerprint density at radius 2 is 1.52 bits per heavy atom. The zero-order chi connectivity index (χ0) is 21.2. The third kappa shape index (κ3) is 7.80. The van der Waals surface area contributed by atoms with E-state index >= 15 is 0 Å². The number of rotatable bonds is 9. The fourth-order valence-electron chi connectivity index (χ4n) is 2.84. The average Bonchev–Trinajstić information content (AvgIpc) is 2.65. The average molecular weight is 410 g/mol. The van der Waals surface area contributed by atoms with Crippen LogP contribution in [0.15, 0.2) is 30.3 Å². The van der Waals surface area contributed by atoms with Gasteiger partial charge in [0.1, 0.15) is 0 Å². The second-order valence-corrected chi connectivity index (χ2v) is 6.41. The van der Waals surface area contributed by atoms with Gasteiger partial charge < -0.3 is 28.4 Å². The highest BCUT2D eigenvalue weighted by atomic mass is 16.7. The Morgan fingerprint density at radius 1 is 0.897 bits per heavy atom. The topological polar surface area (TPSA) is 107 Å². The Bertz CT molecular complexity index is 676. The molecule has 4 atom stereocenters. The third-order valence-corrected chi connectivity index (χ3v) is 3.93. The molecule has 0 aliphatic carbocycles. The highest BCUT2D eigenvalue weighted by Crippen LogP contribution is 2.25. The van der Waals surface area contributed by atoms with E-state index in [0.717, 1.165) is 5.56 Å². The minimum Gasteiger partial charge on any atom is -0.456 e. The zero-order valence-corrected chi connectivity index (χ0v) is 16.7. The Kier molecular flexibility index (Phi) is 9.04. The summed E-state index contributed by atoms with van der Waals surface area (Å²) in [6, 6.07) is 9.65. The van der Waals surface area contributed by atoms with Crippen molar-refractivity contribution in [2.75, 3.05) is 19.8 Å². The molecular formula is C20H26O9. The van der Waals surface area contributed by atoms with Gasteiger partial charge >= 0.3 is 17.9 Å². The minimum absolute atomic E-state index is 0.0785. The fraction of sp³-hybridized carbons (Fsp3) is 0.550. The van der Waals surface area contributed by atoms with Crippen molar-refractivity contribution >= 4 is 17.9 Å². The highest BCUT2D eigenvalue weighted by Gasteiger charge is 2.47. The van der Waals surface area contributed by atoms with Crippen LogP contribution in [-0.4, -0.2) is 62.3 Å². The fourth-order valence-corrected chi connectivity index (χ4v) is 2.84. The summed E-state index contributed by atoms with van der Waals surface area (Å²) in [4.78, 5) is 34.4. The molecule has 9 heteroatoms. The van der Waals surface area contributed by atoms with E-state index in [-0.39, 0.29) is 19.8 Å². The molecule has 2 rings (SSSR count). The van der Waals surface area contributed by atoms with Gasteiger partial charge in [-0.05, 0) is 5.56 Å². The van der Waals surface area contributed by atoms with E-state index in [1.807, 2.05) is 30.3 Å².